The third-order valence-corrected chi connectivity index (χ3v) is 4.31. The van der Waals surface area contributed by atoms with E-state index in [9.17, 15) is 9.59 Å². The second kappa shape index (κ2) is 4.95. The molecule has 1 N–H and O–H groups in total. The molecule has 4 nitrogen and oxygen atoms in total. The van der Waals surface area contributed by atoms with Crippen molar-refractivity contribution >= 4 is 20.3 Å². The van der Waals surface area contributed by atoms with Crippen LogP contribution in [0.15, 0.2) is 12.2 Å². The third kappa shape index (κ3) is 4.81. The van der Waals surface area contributed by atoms with Gasteiger partial charge in [0.05, 0.1) is 6.42 Å². The Kier molecular flexibility index (Phi) is 4.56. The lowest BCUT2D eigenvalue weighted by molar-refractivity contribution is -0.139. The van der Waals surface area contributed by atoms with Crippen LogP contribution in [0.3, 0.4) is 0 Å². The summed E-state index contributed by atoms with van der Waals surface area (Å²) in [6.07, 6.45) is -0.354. The van der Waals surface area contributed by atoms with Gasteiger partial charge in [0.2, 0.25) is 8.32 Å². The minimum atomic E-state index is -1.96. The van der Waals surface area contributed by atoms with Gasteiger partial charge in [-0.1, -0.05) is 13.5 Å². The molecule has 14 heavy (non-hydrogen) atoms. The van der Waals surface area contributed by atoms with Gasteiger partial charge in [0.1, 0.15) is 0 Å². The van der Waals surface area contributed by atoms with Gasteiger partial charge in [0.25, 0.3) is 0 Å². The van der Waals surface area contributed by atoms with Gasteiger partial charge >= 0.3 is 11.9 Å². The molecule has 0 fully saturated rings. The molecule has 0 aliphatic rings. The first-order valence-corrected chi connectivity index (χ1v) is 7.53. The number of carbonyl (C=O) groups is 2. The number of hydrogen-bond acceptors (Lipinski definition) is 3. The Labute approximate surface area is 84.7 Å². The van der Waals surface area contributed by atoms with Crippen LogP contribution < -0.4 is 0 Å². The average Bonchev–Trinajstić information content (AvgIpc) is 2.02. The first-order valence-electron chi connectivity index (χ1n) is 4.41. The molecule has 0 amide bonds. The van der Waals surface area contributed by atoms with Crippen LogP contribution in [0.1, 0.15) is 13.3 Å². The van der Waals surface area contributed by atoms with Crippen molar-refractivity contribution in [1.82, 2.24) is 0 Å². The number of carbonyl (C=O) groups excluding carboxylic acids is 1. The standard InChI is InChI=1S/C9H16O4Si/c1-5-14(3,4)13-9(12)7(2)6-8(10)11/h2,5-6H2,1,3-4H3,(H,10,11). The van der Waals surface area contributed by atoms with E-state index in [4.69, 9.17) is 9.53 Å². The smallest absolute Gasteiger partial charge is 0.320 e. The predicted molar refractivity (Wildman–Crippen MR) is 55.4 cm³/mol. The van der Waals surface area contributed by atoms with E-state index in [2.05, 4.69) is 6.58 Å². The maximum absolute atomic E-state index is 11.3. The zero-order valence-electron chi connectivity index (χ0n) is 8.79. The number of aliphatic carboxylic acids is 1. The zero-order valence-corrected chi connectivity index (χ0v) is 9.79. The Balaban J connectivity index is 4.22. The summed E-state index contributed by atoms with van der Waals surface area (Å²) in [5.74, 6) is -1.64. The minimum Gasteiger partial charge on any atom is -0.516 e. The van der Waals surface area contributed by atoms with E-state index in [1.807, 2.05) is 20.0 Å². The SMILES string of the molecule is C=C(CC(=O)O)C(=O)O[Si](C)(C)CC. The molecule has 0 aliphatic carbocycles. The Bertz CT molecular complexity index is 258. The molecule has 0 radical (unpaired) electrons. The van der Waals surface area contributed by atoms with Crippen molar-refractivity contribution in [2.45, 2.75) is 32.5 Å². The summed E-state index contributed by atoms with van der Waals surface area (Å²) in [6.45, 7) is 9.13. The maximum Gasteiger partial charge on any atom is 0.320 e. The first-order chi connectivity index (χ1) is 6.28. The molecule has 0 aromatic heterocycles. The summed E-state index contributed by atoms with van der Waals surface area (Å²) < 4.78 is 5.19. The van der Waals surface area contributed by atoms with Crippen LogP contribution in [0, 0.1) is 0 Å². The predicted octanol–water partition coefficient (Wildman–Crippen LogP) is 1.79. The Morgan fingerprint density at radius 3 is 2.29 bits per heavy atom. The minimum absolute atomic E-state index is 0.00604. The molecule has 0 aromatic rings. The largest absolute Gasteiger partial charge is 0.516 e. The van der Waals surface area contributed by atoms with Gasteiger partial charge in [0, 0.05) is 5.57 Å². The van der Waals surface area contributed by atoms with Gasteiger partial charge in [-0.2, -0.15) is 0 Å². The van der Waals surface area contributed by atoms with Crippen molar-refractivity contribution in [1.29, 1.82) is 0 Å². The van der Waals surface area contributed by atoms with Crippen molar-refractivity contribution in [2.24, 2.45) is 0 Å². The lowest BCUT2D eigenvalue weighted by Crippen LogP contribution is -2.33. The van der Waals surface area contributed by atoms with Crippen LogP contribution in [0.5, 0.6) is 0 Å². The molecule has 0 aliphatic heterocycles. The van der Waals surface area contributed by atoms with Crippen LogP contribution in [0.25, 0.3) is 0 Å². The second-order valence-electron chi connectivity index (χ2n) is 3.68. The molecule has 0 unspecified atom stereocenters. The van der Waals surface area contributed by atoms with E-state index >= 15 is 0 Å². The van der Waals surface area contributed by atoms with Crippen LogP contribution in [-0.4, -0.2) is 25.4 Å². The summed E-state index contributed by atoms with van der Waals surface area (Å²) in [6, 6.07) is 0.805. The molecule has 80 valence electrons. The fourth-order valence-electron chi connectivity index (χ4n) is 0.650. The normalized spacial score (nSPS) is 10.8. The number of rotatable bonds is 5. The van der Waals surface area contributed by atoms with Gasteiger partial charge in [0.15, 0.2) is 0 Å². The third-order valence-electron chi connectivity index (χ3n) is 1.87. The van der Waals surface area contributed by atoms with Crippen molar-refractivity contribution < 1.29 is 19.1 Å². The molecule has 5 heteroatoms. The number of carboxylic acid groups (broad SMARTS) is 1. The Morgan fingerprint density at radius 2 is 1.93 bits per heavy atom. The summed E-state index contributed by atoms with van der Waals surface area (Å²) in [5, 5.41) is 8.43. The molecule has 0 spiro atoms. The number of carboxylic acids is 1. The summed E-state index contributed by atoms with van der Waals surface area (Å²) in [5.41, 5.74) is 0.00604. The molecule has 0 bridgehead atoms. The second-order valence-corrected chi connectivity index (χ2v) is 8.11. The van der Waals surface area contributed by atoms with Gasteiger partial charge in [-0.05, 0) is 19.1 Å². The Morgan fingerprint density at radius 1 is 1.43 bits per heavy atom. The molecule has 0 rings (SSSR count). The van der Waals surface area contributed by atoms with Crippen molar-refractivity contribution in [3.8, 4) is 0 Å². The Hall–Kier alpha value is -1.10. The van der Waals surface area contributed by atoms with E-state index in [-0.39, 0.29) is 12.0 Å². The molecule has 0 heterocycles. The molecular formula is C9H16O4Si. The highest BCUT2D eigenvalue weighted by atomic mass is 28.4. The van der Waals surface area contributed by atoms with Gasteiger partial charge in [-0.15, -0.1) is 0 Å². The lowest BCUT2D eigenvalue weighted by atomic mass is 10.2. The van der Waals surface area contributed by atoms with E-state index in [1.54, 1.807) is 0 Å². The van der Waals surface area contributed by atoms with E-state index < -0.39 is 20.3 Å². The monoisotopic (exact) mass is 216 g/mol. The average molecular weight is 216 g/mol. The fraction of sp³-hybridized carbons (Fsp3) is 0.556. The van der Waals surface area contributed by atoms with Gasteiger partial charge < -0.3 is 9.53 Å². The van der Waals surface area contributed by atoms with E-state index in [1.165, 1.54) is 0 Å². The maximum atomic E-state index is 11.3. The van der Waals surface area contributed by atoms with Gasteiger partial charge in [-0.3, -0.25) is 4.79 Å². The topological polar surface area (TPSA) is 63.6 Å². The highest BCUT2D eigenvalue weighted by molar-refractivity contribution is 6.72. The highest BCUT2D eigenvalue weighted by Gasteiger charge is 2.25. The molecule has 0 atom stereocenters. The van der Waals surface area contributed by atoms with Crippen LogP contribution in [0.2, 0.25) is 19.1 Å². The van der Waals surface area contributed by atoms with E-state index in [0.29, 0.717) is 0 Å². The first kappa shape index (κ1) is 12.9. The highest BCUT2D eigenvalue weighted by Crippen LogP contribution is 2.13. The fourth-order valence-corrected chi connectivity index (χ4v) is 1.44. The quantitative estimate of drug-likeness (QED) is 0.562. The molecular weight excluding hydrogens is 200 g/mol. The summed E-state index contributed by atoms with van der Waals surface area (Å²) >= 11 is 0. The molecule has 0 saturated carbocycles. The summed E-state index contributed by atoms with van der Waals surface area (Å²) in [4.78, 5) is 21.6. The van der Waals surface area contributed by atoms with Crippen LogP contribution in [0.4, 0.5) is 0 Å². The van der Waals surface area contributed by atoms with E-state index in [0.717, 1.165) is 6.04 Å². The van der Waals surface area contributed by atoms with Crippen molar-refractivity contribution in [2.75, 3.05) is 0 Å². The van der Waals surface area contributed by atoms with Crippen molar-refractivity contribution in [3.63, 3.8) is 0 Å². The molecule has 0 aromatic carbocycles. The van der Waals surface area contributed by atoms with Gasteiger partial charge in [-0.25, -0.2) is 4.79 Å². The lowest BCUT2D eigenvalue weighted by Gasteiger charge is -2.21. The van der Waals surface area contributed by atoms with Crippen molar-refractivity contribution in [3.05, 3.63) is 12.2 Å². The van der Waals surface area contributed by atoms with Crippen LogP contribution in [-0.2, 0) is 14.0 Å². The number of hydrogen-bond donors (Lipinski definition) is 1. The van der Waals surface area contributed by atoms with Crippen LogP contribution >= 0.6 is 0 Å². The molecule has 0 saturated heterocycles. The summed E-state index contributed by atoms with van der Waals surface area (Å²) in [7, 11) is -1.96. The zero-order chi connectivity index (χ0) is 11.4.